The number of nitrogens with one attached hydrogen (secondary N) is 2. The molecule has 1 aromatic heterocycles. The highest BCUT2D eigenvalue weighted by molar-refractivity contribution is 5.77. The van der Waals surface area contributed by atoms with Crippen LogP contribution in [-0.4, -0.2) is 42.0 Å². The lowest BCUT2D eigenvalue weighted by Crippen LogP contribution is -2.38. The van der Waals surface area contributed by atoms with Crippen molar-refractivity contribution < 1.29 is 4.79 Å². The molecule has 0 bridgehead atoms. The summed E-state index contributed by atoms with van der Waals surface area (Å²) in [5.41, 5.74) is 1.23. The standard InChI is InChI=1S/C12H21N3O/c1-10(2)14-9-12(16)15(3)7-5-11-4-6-13-8-11/h4,6,8,10,13-14H,5,7,9H2,1-3H3. The maximum Gasteiger partial charge on any atom is 0.236 e. The number of amides is 1. The number of likely N-dealkylation sites (N-methyl/N-ethyl adjacent to an activating group) is 1. The SMILES string of the molecule is CC(C)NCC(=O)N(C)CCc1cc[nH]c1. The topological polar surface area (TPSA) is 48.1 Å². The molecule has 0 unspecified atom stereocenters. The van der Waals surface area contributed by atoms with Crippen LogP contribution in [0, 0.1) is 0 Å². The van der Waals surface area contributed by atoms with Gasteiger partial charge in [-0.15, -0.1) is 0 Å². The van der Waals surface area contributed by atoms with Crippen LogP contribution in [0.2, 0.25) is 0 Å². The first-order chi connectivity index (χ1) is 7.59. The van der Waals surface area contributed by atoms with Crippen LogP contribution in [0.25, 0.3) is 0 Å². The van der Waals surface area contributed by atoms with E-state index in [0.29, 0.717) is 12.6 Å². The van der Waals surface area contributed by atoms with Crippen molar-refractivity contribution in [3.05, 3.63) is 24.0 Å². The average molecular weight is 223 g/mol. The number of hydrogen-bond acceptors (Lipinski definition) is 2. The molecular formula is C12H21N3O. The van der Waals surface area contributed by atoms with Crippen molar-refractivity contribution in [3.8, 4) is 0 Å². The average Bonchev–Trinajstić information content (AvgIpc) is 2.75. The van der Waals surface area contributed by atoms with Gasteiger partial charge >= 0.3 is 0 Å². The summed E-state index contributed by atoms with van der Waals surface area (Å²) in [5, 5.41) is 3.12. The van der Waals surface area contributed by atoms with E-state index in [-0.39, 0.29) is 5.91 Å². The minimum Gasteiger partial charge on any atom is -0.367 e. The van der Waals surface area contributed by atoms with Gasteiger partial charge in [-0.2, -0.15) is 0 Å². The number of nitrogens with zero attached hydrogens (tertiary/aromatic N) is 1. The molecule has 0 aliphatic rings. The maximum absolute atomic E-state index is 11.7. The summed E-state index contributed by atoms with van der Waals surface area (Å²) in [4.78, 5) is 16.4. The fourth-order valence-electron chi connectivity index (χ4n) is 1.36. The fourth-order valence-corrected chi connectivity index (χ4v) is 1.36. The van der Waals surface area contributed by atoms with Crippen molar-refractivity contribution in [1.29, 1.82) is 0 Å². The van der Waals surface area contributed by atoms with Crippen LogP contribution in [0.15, 0.2) is 18.5 Å². The molecule has 0 saturated carbocycles. The summed E-state index contributed by atoms with van der Waals surface area (Å²) in [6.45, 7) is 5.25. The van der Waals surface area contributed by atoms with Gasteiger partial charge in [0.25, 0.3) is 0 Å². The van der Waals surface area contributed by atoms with Crippen LogP contribution < -0.4 is 5.32 Å². The number of carbonyl (C=O) groups excluding carboxylic acids is 1. The van der Waals surface area contributed by atoms with Gasteiger partial charge in [-0.25, -0.2) is 0 Å². The van der Waals surface area contributed by atoms with Crippen molar-refractivity contribution in [3.63, 3.8) is 0 Å². The van der Waals surface area contributed by atoms with Gasteiger partial charge in [-0.3, -0.25) is 4.79 Å². The quantitative estimate of drug-likeness (QED) is 0.756. The monoisotopic (exact) mass is 223 g/mol. The van der Waals surface area contributed by atoms with Crippen molar-refractivity contribution >= 4 is 5.91 Å². The van der Waals surface area contributed by atoms with E-state index in [0.717, 1.165) is 13.0 Å². The molecule has 1 amide bonds. The van der Waals surface area contributed by atoms with Gasteiger partial charge in [0.15, 0.2) is 0 Å². The normalized spacial score (nSPS) is 10.8. The van der Waals surface area contributed by atoms with Gasteiger partial charge in [0.1, 0.15) is 0 Å². The highest BCUT2D eigenvalue weighted by atomic mass is 16.2. The van der Waals surface area contributed by atoms with Gasteiger partial charge in [0.2, 0.25) is 5.91 Å². The van der Waals surface area contributed by atoms with Crippen LogP contribution in [0.4, 0.5) is 0 Å². The molecule has 0 radical (unpaired) electrons. The number of hydrogen-bond donors (Lipinski definition) is 2. The Hall–Kier alpha value is -1.29. The number of aromatic amines is 1. The third kappa shape index (κ3) is 4.49. The lowest BCUT2D eigenvalue weighted by Gasteiger charge is -2.18. The Bertz CT molecular complexity index is 306. The summed E-state index contributed by atoms with van der Waals surface area (Å²) in [6.07, 6.45) is 4.76. The third-order valence-electron chi connectivity index (χ3n) is 2.49. The zero-order valence-electron chi connectivity index (χ0n) is 10.3. The largest absolute Gasteiger partial charge is 0.367 e. The molecule has 1 heterocycles. The van der Waals surface area contributed by atoms with Gasteiger partial charge in [0, 0.05) is 32.0 Å². The molecule has 90 valence electrons. The Kier molecular flexibility index (Phi) is 5.05. The van der Waals surface area contributed by atoms with Crippen molar-refractivity contribution in [2.75, 3.05) is 20.1 Å². The molecule has 0 aromatic carbocycles. The molecular weight excluding hydrogens is 202 g/mol. The Morgan fingerprint density at radius 2 is 2.31 bits per heavy atom. The molecule has 1 rings (SSSR count). The van der Waals surface area contributed by atoms with E-state index in [4.69, 9.17) is 0 Å². The Morgan fingerprint density at radius 1 is 1.56 bits per heavy atom. The van der Waals surface area contributed by atoms with Crippen LogP contribution in [0.1, 0.15) is 19.4 Å². The number of rotatable bonds is 6. The van der Waals surface area contributed by atoms with Gasteiger partial charge in [0.05, 0.1) is 6.54 Å². The minimum atomic E-state index is 0.143. The molecule has 0 saturated heterocycles. The molecule has 16 heavy (non-hydrogen) atoms. The first-order valence-electron chi connectivity index (χ1n) is 5.68. The minimum absolute atomic E-state index is 0.143. The molecule has 0 aliphatic heterocycles. The van der Waals surface area contributed by atoms with Crippen molar-refractivity contribution in [1.82, 2.24) is 15.2 Å². The van der Waals surface area contributed by atoms with Crippen LogP contribution in [0.3, 0.4) is 0 Å². The second kappa shape index (κ2) is 6.33. The molecule has 4 nitrogen and oxygen atoms in total. The predicted octanol–water partition coefficient (Wildman–Crippen LogP) is 1.01. The molecule has 0 atom stereocenters. The lowest BCUT2D eigenvalue weighted by molar-refractivity contribution is -0.129. The molecule has 0 aliphatic carbocycles. The number of H-pyrrole nitrogens is 1. The van der Waals surface area contributed by atoms with Crippen LogP contribution in [-0.2, 0) is 11.2 Å². The molecule has 0 spiro atoms. The second-order valence-electron chi connectivity index (χ2n) is 4.32. The lowest BCUT2D eigenvalue weighted by atomic mass is 10.2. The van der Waals surface area contributed by atoms with E-state index in [1.165, 1.54) is 5.56 Å². The van der Waals surface area contributed by atoms with Gasteiger partial charge < -0.3 is 15.2 Å². The second-order valence-corrected chi connectivity index (χ2v) is 4.32. The van der Waals surface area contributed by atoms with E-state index < -0.39 is 0 Å². The molecule has 2 N–H and O–H groups in total. The Balaban J connectivity index is 2.23. The van der Waals surface area contributed by atoms with E-state index in [2.05, 4.69) is 10.3 Å². The summed E-state index contributed by atoms with van der Waals surface area (Å²) in [6, 6.07) is 2.38. The fraction of sp³-hybridized carbons (Fsp3) is 0.583. The predicted molar refractivity (Wildman–Crippen MR) is 65.3 cm³/mol. The van der Waals surface area contributed by atoms with Gasteiger partial charge in [-0.1, -0.05) is 13.8 Å². The van der Waals surface area contributed by atoms with Crippen LogP contribution >= 0.6 is 0 Å². The first-order valence-corrected chi connectivity index (χ1v) is 5.68. The number of aromatic nitrogens is 1. The van der Waals surface area contributed by atoms with Crippen molar-refractivity contribution in [2.24, 2.45) is 0 Å². The first kappa shape index (κ1) is 12.8. The summed E-state index contributed by atoms with van der Waals surface area (Å²) >= 11 is 0. The zero-order valence-corrected chi connectivity index (χ0v) is 10.3. The highest BCUT2D eigenvalue weighted by Gasteiger charge is 2.08. The van der Waals surface area contributed by atoms with E-state index in [1.807, 2.05) is 39.4 Å². The van der Waals surface area contributed by atoms with E-state index >= 15 is 0 Å². The van der Waals surface area contributed by atoms with E-state index in [9.17, 15) is 4.79 Å². The van der Waals surface area contributed by atoms with E-state index in [1.54, 1.807) is 4.90 Å². The molecule has 0 fully saturated rings. The molecule has 1 aromatic rings. The Labute approximate surface area is 97.0 Å². The summed E-state index contributed by atoms with van der Waals surface area (Å²) in [7, 11) is 1.84. The summed E-state index contributed by atoms with van der Waals surface area (Å²) < 4.78 is 0. The van der Waals surface area contributed by atoms with Crippen molar-refractivity contribution in [2.45, 2.75) is 26.3 Å². The molecule has 4 heteroatoms. The maximum atomic E-state index is 11.7. The van der Waals surface area contributed by atoms with Gasteiger partial charge in [-0.05, 0) is 18.1 Å². The van der Waals surface area contributed by atoms with Crippen LogP contribution in [0.5, 0.6) is 0 Å². The highest BCUT2D eigenvalue weighted by Crippen LogP contribution is 1.99. The summed E-state index contributed by atoms with van der Waals surface area (Å²) in [5.74, 6) is 0.143. The number of carbonyl (C=O) groups is 1. The Morgan fingerprint density at radius 3 is 2.88 bits per heavy atom. The smallest absolute Gasteiger partial charge is 0.236 e. The zero-order chi connectivity index (χ0) is 12.0. The third-order valence-corrected chi connectivity index (χ3v) is 2.49.